The summed E-state index contributed by atoms with van der Waals surface area (Å²) in [6.45, 7) is 7.33. The summed E-state index contributed by atoms with van der Waals surface area (Å²) in [6, 6.07) is 6.21. The van der Waals surface area contributed by atoms with Crippen molar-refractivity contribution in [2.75, 3.05) is 18.1 Å². The molecule has 110 valence electrons. The predicted molar refractivity (Wildman–Crippen MR) is 91.9 cm³/mol. The van der Waals surface area contributed by atoms with E-state index in [4.69, 9.17) is 11.6 Å². The molecule has 0 fully saturated rings. The average Bonchev–Trinajstić information content (AvgIpc) is 2.79. The van der Waals surface area contributed by atoms with Crippen LogP contribution in [0.5, 0.6) is 0 Å². The van der Waals surface area contributed by atoms with Gasteiger partial charge in [0.2, 0.25) is 0 Å². The molecule has 2 rings (SSSR count). The summed E-state index contributed by atoms with van der Waals surface area (Å²) in [4.78, 5) is 0. The number of benzene rings is 1. The smallest absolute Gasteiger partial charge is 0.0498 e. The lowest BCUT2D eigenvalue weighted by molar-refractivity contribution is 0.693. The van der Waals surface area contributed by atoms with Crippen molar-refractivity contribution in [1.82, 2.24) is 9.88 Å². The summed E-state index contributed by atoms with van der Waals surface area (Å²) in [5.74, 6) is 2.42. The summed E-state index contributed by atoms with van der Waals surface area (Å²) in [7, 11) is 0. The number of hydrogen-bond acceptors (Lipinski definition) is 2. The molecule has 4 heteroatoms. The van der Waals surface area contributed by atoms with E-state index in [1.807, 2.05) is 17.8 Å². The summed E-state index contributed by atoms with van der Waals surface area (Å²) in [5.41, 5.74) is 2.62. The molecule has 0 spiro atoms. The number of aryl methyl sites for hydroxylation is 1. The lowest BCUT2D eigenvalue weighted by Gasteiger charge is -2.05. The lowest BCUT2D eigenvalue weighted by atomic mass is 10.2. The topological polar surface area (TPSA) is 17.0 Å². The van der Waals surface area contributed by atoms with Crippen molar-refractivity contribution in [3.63, 3.8) is 0 Å². The Bertz CT molecular complexity index is 551. The molecule has 1 heterocycles. The minimum atomic E-state index is 0.815. The fraction of sp³-hybridized carbons (Fsp3) is 0.500. The fourth-order valence-electron chi connectivity index (χ4n) is 2.41. The molecule has 0 saturated carbocycles. The van der Waals surface area contributed by atoms with Crippen LogP contribution in [0, 0.1) is 0 Å². The Morgan fingerprint density at radius 1 is 1.30 bits per heavy atom. The first-order valence-corrected chi connectivity index (χ1v) is 8.85. The third-order valence-electron chi connectivity index (χ3n) is 3.38. The van der Waals surface area contributed by atoms with E-state index in [2.05, 4.69) is 42.1 Å². The molecule has 0 unspecified atom stereocenters. The van der Waals surface area contributed by atoms with Crippen molar-refractivity contribution in [3.05, 3.63) is 35.0 Å². The fourth-order valence-corrected chi connectivity index (χ4v) is 3.20. The van der Waals surface area contributed by atoms with Crippen LogP contribution in [0.4, 0.5) is 0 Å². The zero-order valence-electron chi connectivity index (χ0n) is 12.3. The van der Waals surface area contributed by atoms with Gasteiger partial charge in [-0.1, -0.05) is 31.5 Å². The van der Waals surface area contributed by atoms with E-state index < -0.39 is 0 Å². The Morgan fingerprint density at radius 3 is 2.90 bits per heavy atom. The first-order chi connectivity index (χ1) is 9.76. The van der Waals surface area contributed by atoms with E-state index in [1.54, 1.807) is 0 Å². The van der Waals surface area contributed by atoms with E-state index >= 15 is 0 Å². The van der Waals surface area contributed by atoms with Gasteiger partial charge in [-0.2, -0.15) is 11.8 Å². The van der Waals surface area contributed by atoms with Crippen molar-refractivity contribution in [2.24, 2.45) is 0 Å². The minimum Gasteiger partial charge on any atom is -0.347 e. The van der Waals surface area contributed by atoms with E-state index in [9.17, 15) is 0 Å². The van der Waals surface area contributed by atoms with Crippen LogP contribution in [0.1, 0.15) is 25.8 Å². The summed E-state index contributed by atoms with van der Waals surface area (Å²) in [6.07, 6.45) is 3.48. The number of thioether (sulfide) groups is 1. The van der Waals surface area contributed by atoms with Gasteiger partial charge in [-0.15, -0.1) is 0 Å². The van der Waals surface area contributed by atoms with Crippen LogP contribution < -0.4 is 5.32 Å². The van der Waals surface area contributed by atoms with E-state index in [-0.39, 0.29) is 0 Å². The third kappa shape index (κ3) is 3.94. The van der Waals surface area contributed by atoms with Gasteiger partial charge in [-0.05, 0) is 42.2 Å². The van der Waals surface area contributed by atoms with Crippen LogP contribution in [0.25, 0.3) is 10.9 Å². The maximum atomic E-state index is 6.15. The molecular formula is C16H23ClN2S. The van der Waals surface area contributed by atoms with Crippen molar-refractivity contribution in [3.8, 4) is 0 Å². The molecule has 0 aliphatic carbocycles. The van der Waals surface area contributed by atoms with Gasteiger partial charge in [0.05, 0.1) is 0 Å². The summed E-state index contributed by atoms with van der Waals surface area (Å²) < 4.78 is 2.35. The van der Waals surface area contributed by atoms with E-state index in [0.717, 1.165) is 24.7 Å². The Hall–Kier alpha value is -0.640. The van der Waals surface area contributed by atoms with Gasteiger partial charge in [0.25, 0.3) is 0 Å². The summed E-state index contributed by atoms with van der Waals surface area (Å²) in [5, 5.41) is 5.54. The second-order valence-corrected chi connectivity index (χ2v) is 6.67. The zero-order valence-corrected chi connectivity index (χ0v) is 13.9. The molecule has 20 heavy (non-hydrogen) atoms. The van der Waals surface area contributed by atoms with Gasteiger partial charge >= 0.3 is 0 Å². The van der Waals surface area contributed by atoms with Gasteiger partial charge < -0.3 is 9.88 Å². The van der Waals surface area contributed by atoms with Gasteiger partial charge in [-0.3, -0.25) is 0 Å². The normalized spacial score (nSPS) is 11.3. The Morgan fingerprint density at radius 2 is 2.15 bits per heavy atom. The highest BCUT2D eigenvalue weighted by molar-refractivity contribution is 7.99. The van der Waals surface area contributed by atoms with Crippen molar-refractivity contribution >= 4 is 34.3 Å². The van der Waals surface area contributed by atoms with E-state index in [0.29, 0.717) is 0 Å². The monoisotopic (exact) mass is 310 g/mol. The molecule has 1 N–H and O–H groups in total. The van der Waals surface area contributed by atoms with Crippen molar-refractivity contribution < 1.29 is 0 Å². The maximum absolute atomic E-state index is 6.15. The number of hydrogen-bond donors (Lipinski definition) is 1. The molecule has 1 aromatic carbocycles. The molecule has 0 amide bonds. The number of fused-ring (bicyclic) bond motifs is 1. The molecule has 2 nitrogen and oxygen atoms in total. The molecule has 0 aliphatic heterocycles. The quantitative estimate of drug-likeness (QED) is 0.721. The van der Waals surface area contributed by atoms with Crippen LogP contribution in [0.2, 0.25) is 5.02 Å². The third-order valence-corrected chi connectivity index (χ3v) is 4.60. The highest BCUT2D eigenvalue weighted by Crippen LogP contribution is 2.25. The second kappa shape index (κ2) is 7.96. The van der Waals surface area contributed by atoms with Crippen LogP contribution in [0.3, 0.4) is 0 Å². The van der Waals surface area contributed by atoms with E-state index in [1.165, 1.54) is 34.4 Å². The number of rotatable bonds is 8. The molecule has 0 bridgehead atoms. The van der Waals surface area contributed by atoms with Crippen LogP contribution in [-0.2, 0) is 13.1 Å². The highest BCUT2D eigenvalue weighted by Gasteiger charge is 2.08. The highest BCUT2D eigenvalue weighted by atomic mass is 35.5. The largest absolute Gasteiger partial charge is 0.347 e. The van der Waals surface area contributed by atoms with Gasteiger partial charge in [0.15, 0.2) is 0 Å². The van der Waals surface area contributed by atoms with Crippen LogP contribution in [-0.4, -0.2) is 22.6 Å². The standard InChI is InChI=1S/C16H23ClN2S/c1-3-18-11-13-12-19(8-5-9-20-4-2)16-10-14(17)6-7-15(13)16/h6-7,10,12,18H,3-5,8-9,11H2,1-2H3. The summed E-state index contributed by atoms with van der Waals surface area (Å²) >= 11 is 8.16. The van der Waals surface area contributed by atoms with Crippen LogP contribution in [0.15, 0.2) is 24.4 Å². The van der Waals surface area contributed by atoms with Crippen molar-refractivity contribution in [1.29, 1.82) is 0 Å². The molecule has 0 radical (unpaired) electrons. The number of halogens is 1. The second-order valence-electron chi connectivity index (χ2n) is 4.84. The SMILES string of the molecule is CCNCc1cn(CCCSCC)c2cc(Cl)ccc12. The minimum absolute atomic E-state index is 0.815. The average molecular weight is 311 g/mol. The first-order valence-electron chi connectivity index (χ1n) is 7.32. The Labute approximate surface area is 130 Å². The Kier molecular flexibility index (Phi) is 6.27. The molecule has 0 aliphatic rings. The molecule has 2 aromatic rings. The molecule has 1 aromatic heterocycles. The maximum Gasteiger partial charge on any atom is 0.0498 e. The first kappa shape index (κ1) is 15.7. The Balaban J connectivity index is 2.20. The van der Waals surface area contributed by atoms with Gasteiger partial charge in [-0.25, -0.2) is 0 Å². The van der Waals surface area contributed by atoms with Crippen molar-refractivity contribution in [2.45, 2.75) is 33.4 Å². The van der Waals surface area contributed by atoms with Gasteiger partial charge in [0, 0.05) is 35.2 Å². The lowest BCUT2D eigenvalue weighted by Crippen LogP contribution is -2.11. The van der Waals surface area contributed by atoms with Gasteiger partial charge in [0.1, 0.15) is 0 Å². The predicted octanol–water partition coefficient (Wildman–Crippen LogP) is 4.55. The number of aromatic nitrogens is 1. The zero-order chi connectivity index (χ0) is 14.4. The van der Waals surface area contributed by atoms with Crippen LogP contribution >= 0.6 is 23.4 Å². The molecule has 0 atom stereocenters. The number of nitrogens with one attached hydrogen (secondary N) is 1. The molecular weight excluding hydrogens is 288 g/mol. The molecule has 0 saturated heterocycles. The number of nitrogens with zero attached hydrogens (tertiary/aromatic N) is 1.